The molecule has 9 heteroatoms. The summed E-state index contributed by atoms with van der Waals surface area (Å²) >= 11 is 5.98. The summed E-state index contributed by atoms with van der Waals surface area (Å²) in [6, 6.07) is 21.3. The van der Waals surface area contributed by atoms with Crippen LogP contribution in [0.4, 0.5) is 5.69 Å². The molecule has 0 aliphatic carbocycles. The van der Waals surface area contributed by atoms with E-state index in [1.165, 1.54) is 6.21 Å². The number of amides is 3. The van der Waals surface area contributed by atoms with Crippen LogP contribution >= 0.6 is 11.6 Å². The molecule has 0 spiro atoms. The quantitative estimate of drug-likeness (QED) is 0.262. The van der Waals surface area contributed by atoms with E-state index in [4.69, 9.17) is 16.3 Å². The van der Waals surface area contributed by atoms with Crippen LogP contribution in [0.3, 0.4) is 0 Å². The second kappa shape index (κ2) is 12.2. The van der Waals surface area contributed by atoms with Crippen molar-refractivity contribution in [2.24, 2.45) is 5.10 Å². The normalized spacial score (nSPS) is 10.5. The fraction of sp³-hybridized carbons (Fsp3) is 0.120. The Morgan fingerprint density at radius 3 is 2.50 bits per heavy atom. The number of hydrazone groups is 1. The van der Waals surface area contributed by atoms with Gasteiger partial charge in [0, 0.05) is 22.8 Å². The maximum Gasteiger partial charge on any atom is 0.329 e. The smallest absolute Gasteiger partial charge is 0.329 e. The Morgan fingerprint density at radius 2 is 1.71 bits per heavy atom. The van der Waals surface area contributed by atoms with Crippen molar-refractivity contribution >= 4 is 41.2 Å². The lowest BCUT2D eigenvalue weighted by molar-refractivity contribution is -0.139. The van der Waals surface area contributed by atoms with Crippen molar-refractivity contribution < 1.29 is 19.1 Å². The molecule has 3 rings (SSSR count). The third-order valence-electron chi connectivity index (χ3n) is 4.62. The maximum absolute atomic E-state index is 12.3. The van der Waals surface area contributed by atoms with Crippen molar-refractivity contribution in [1.82, 2.24) is 10.7 Å². The number of hydrogen-bond donors (Lipinski definition) is 3. The Balaban J connectivity index is 1.51. The molecule has 34 heavy (non-hydrogen) atoms. The SMILES string of the molecule is Cc1ccc(Cl)cc1NC(=O)COc1ccccc1/C=N\NC(=O)C(=O)NCc1ccccc1. The van der Waals surface area contributed by atoms with Crippen molar-refractivity contribution in [2.45, 2.75) is 13.5 Å². The molecule has 0 saturated carbocycles. The summed E-state index contributed by atoms with van der Waals surface area (Å²) < 4.78 is 5.61. The molecule has 0 saturated heterocycles. The minimum atomic E-state index is -0.901. The van der Waals surface area contributed by atoms with Crippen LogP contribution in [0, 0.1) is 6.92 Å². The van der Waals surface area contributed by atoms with Crippen LogP contribution in [0.1, 0.15) is 16.7 Å². The second-order valence-electron chi connectivity index (χ2n) is 7.20. The topological polar surface area (TPSA) is 109 Å². The van der Waals surface area contributed by atoms with Crippen LogP contribution < -0.4 is 20.8 Å². The van der Waals surface area contributed by atoms with Crippen molar-refractivity contribution in [2.75, 3.05) is 11.9 Å². The number of rotatable bonds is 8. The molecular weight excluding hydrogens is 456 g/mol. The molecule has 0 radical (unpaired) electrons. The Morgan fingerprint density at radius 1 is 0.971 bits per heavy atom. The molecule has 0 bridgehead atoms. The minimum absolute atomic E-state index is 0.226. The molecule has 0 heterocycles. The van der Waals surface area contributed by atoms with Crippen molar-refractivity contribution in [3.8, 4) is 5.75 Å². The van der Waals surface area contributed by atoms with Crippen LogP contribution in [-0.4, -0.2) is 30.5 Å². The van der Waals surface area contributed by atoms with Crippen molar-refractivity contribution in [3.05, 3.63) is 94.5 Å². The van der Waals surface area contributed by atoms with Crippen LogP contribution in [0.5, 0.6) is 5.75 Å². The van der Waals surface area contributed by atoms with E-state index in [1.807, 2.05) is 37.3 Å². The summed E-state index contributed by atoms with van der Waals surface area (Å²) in [6.07, 6.45) is 1.33. The zero-order valence-electron chi connectivity index (χ0n) is 18.4. The molecule has 0 aliphatic heterocycles. The van der Waals surface area contributed by atoms with E-state index in [0.29, 0.717) is 22.0 Å². The van der Waals surface area contributed by atoms with Crippen molar-refractivity contribution in [3.63, 3.8) is 0 Å². The summed E-state index contributed by atoms with van der Waals surface area (Å²) in [5, 5.41) is 9.60. The number of anilines is 1. The highest BCUT2D eigenvalue weighted by molar-refractivity contribution is 6.35. The summed E-state index contributed by atoms with van der Waals surface area (Å²) in [7, 11) is 0. The molecule has 174 valence electrons. The summed E-state index contributed by atoms with van der Waals surface area (Å²) in [6.45, 7) is 1.84. The predicted octanol–water partition coefficient (Wildman–Crippen LogP) is 3.43. The summed E-state index contributed by atoms with van der Waals surface area (Å²) in [5.41, 5.74) is 5.03. The largest absolute Gasteiger partial charge is 0.483 e. The van der Waals surface area contributed by atoms with Gasteiger partial charge < -0.3 is 15.4 Å². The number of carbonyl (C=O) groups excluding carboxylic acids is 3. The van der Waals surface area contributed by atoms with E-state index in [2.05, 4.69) is 21.2 Å². The van der Waals surface area contributed by atoms with Crippen LogP contribution in [0.15, 0.2) is 77.9 Å². The van der Waals surface area contributed by atoms with E-state index >= 15 is 0 Å². The van der Waals surface area contributed by atoms with Gasteiger partial charge in [-0.05, 0) is 42.3 Å². The molecular formula is C25H23ClN4O4. The zero-order chi connectivity index (χ0) is 24.3. The third kappa shape index (κ3) is 7.46. The van der Waals surface area contributed by atoms with Gasteiger partial charge in [0.2, 0.25) is 0 Å². The average Bonchev–Trinajstić information content (AvgIpc) is 2.84. The summed E-state index contributed by atoms with van der Waals surface area (Å²) in [4.78, 5) is 36.2. The third-order valence-corrected chi connectivity index (χ3v) is 4.86. The fourth-order valence-corrected chi connectivity index (χ4v) is 3.02. The molecule has 0 unspecified atom stereocenters. The van der Waals surface area contributed by atoms with E-state index in [1.54, 1.807) is 42.5 Å². The number of aryl methyl sites for hydroxylation is 1. The van der Waals surface area contributed by atoms with Crippen molar-refractivity contribution in [1.29, 1.82) is 0 Å². The number of hydrogen-bond acceptors (Lipinski definition) is 5. The number of carbonyl (C=O) groups is 3. The highest BCUT2D eigenvalue weighted by atomic mass is 35.5. The lowest BCUT2D eigenvalue weighted by atomic mass is 10.2. The van der Waals surface area contributed by atoms with Gasteiger partial charge in [0.05, 0.1) is 6.21 Å². The molecule has 3 N–H and O–H groups in total. The number of nitrogens with one attached hydrogen (secondary N) is 3. The van der Waals surface area contributed by atoms with Gasteiger partial charge in [-0.1, -0.05) is 60.1 Å². The first-order valence-corrected chi connectivity index (χ1v) is 10.7. The second-order valence-corrected chi connectivity index (χ2v) is 7.64. The summed E-state index contributed by atoms with van der Waals surface area (Å²) in [5.74, 6) is -1.69. The van der Waals surface area contributed by atoms with E-state index in [9.17, 15) is 14.4 Å². The van der Waals surface area contributed by atoms with E-state index in [0.717, 1.165) is 11.1 Å². The number of para-hydroxylation sites is 1. The minimum Gasteiger partial charge on any atom is -0.483 e. The van der Waals surface area contributed by atoms with Crippen LogP contribution in [0.25, 0.3) is 0 Å². The van der Waals surface area contributed by atoms with Gasteiger partial charge >= 0.3 is 11.8 Å². The van der Waals surface area contributed by atoms with Gasteiger partial charge in [0.1, 0.15) is 5.75 Å². The first kappa shape index (κ1) is 24.5. The molecule has 0 fully saturated rings. The lowest BCUT2D eigenvalue weighted by Crippen LogP contribution is -2.37. The average molecular weight is 479 g/mol. The van der Waals surface area contributed by atoms with E-state index < -0.39 is 11.8 Å². The van der Waals surface area contributed by atoms with Crippen LogP contribution in [0.2, 0.25) is 5.02 Å². The highest BCUT2D eigenvalue weighted by Crippen LogP contribution is 2.20. The molecule has 0 atom stereocenters. The zero-order valence-corrected chi connectivity index (χ0v) is 19.1. The number of halogens is 1. The van der Waals surface area contributed by atoms with E-state index in [-0.39, 0.29) is 19.1 Å². The standard InChI is InChI=1S/C25H23ClN4O4/c1-17-11-12-20(26)13-21(17)29-23(31)16-34-22-10-6-5-9-19(22)15-28-30-25(33)24(32)27-14-18-7-3-2-4-8-18/h2-13,15H,14,16H2,1H3,(H,27,32)(H,29,31)(H,30,33)/b28-15-. The van der Waals surface area contributed by atoms with Crippen LogP contribution in [-0.2, 0) is 20.9 Å². The van der Waals surface area contributed by atoms with Gasteiger partial charge in [-0.25, -0.2) is 5.43 Å². The predicted molar refractivity (Wildman–Crippen MR) is 131 cm³/mol. The Hall–Kier alpha value is -4.17. The first-order valence-electron chi connectivity index (χ1n) is 10.4. The molecule has 8 nitrogen and oxygen atoms in total. The maximum atomic E-state index is 12.3. The monoisotopic (exact) mass is 478 g/mol. The highest BCUT2D eigenvalue weighted by Gasteiger charge is 2.12. The van der Waals surface area contributed by atoms with Gasteiger partial charge in [0.15, 0.2) is 6.61 Å². The Labute approximate surface area is 202 Å². The van der Waals surface area contributed by atoms with Gasteiger partial charge in [-0.3, -0.25) is 14.4 Å². The molecule has 3 amide bonds. The molecule has 0 aromatic heterocycles. The first-order chi connectivity index (χ1) is 16.4. The molecule has 0 aliphatic rings. The number of nitrogens with zero attached hydrogens (tertiary/aromatic N) is 1. The Bertz CT molecular complexity index is 1200. The molecule has 3 aromatic carbocycles. The number of benzene rings is 3. The number of ether oxygens (including phenoxy) is 1. The fourth-order valence-electron chi connectivity index (χ4n) is 2.85. The van der Waals surface area contributed by atoms with Gasteiger partial charge in [-0.2, -0.15) is 5.10 Å². The van der Waals surface area contributed by atoms with Gasteiger partial charge in [-0.15, -0.1) is 0 Å². The lowest BCUT2D eigenvalue weighted by Gasteiger charge is -2.11. The Kier molecular flexibility index (Phi) is 8.76. The van der Waals surface area contributed by atoms with Gasteiger partial charge in [0.25, 0.3) is 5.91 Å². The molecule has 3 aromatic rings.